The topological polar surface area (TPSA) is 54.6 Å². The summed E-state index contributed by atoms with van der Waals surface area (Å²) in [7, 11) is 3.30. The molecule has 0 bridgehead atoms. The number of nitrogens with zero attached hydrogens (tertiary/aromatic N) is 1. The number of carbonyl (C=O) groups excluding carboxylic acids is 1. The smallest absolute Gasteiger partial charge is 0.274 e. The number of alkyl halides is 1. The van der Waals surface area contributed by atoms with Crippen LogP contribution in [0.15, 0.2) is 78.9 Å². The van der Waals surface area contributed by atoms with Gasteiger partial charge in [0.1, 0.15) is 17.2 Å². The summed E-state index contributed by atoms with van der Waals surface area (Å²) in [4.78, 5) is 19.0. The van der Waals surface area contributed by atoms with Gasteiger partial charge in [0, 0.05) is 34.9 Å². The lowest BCUT2D eigenvalue weighted by Crippen LogP contribution is -2.30. The molecule has 1 amide bonds. The highest BCUT2D eigenvalue weighted by Gasteiger charge is 2.35. The number of amides is 1. The maximum atomic E-state index is 13.9. The first-order valence-corrected chi connectivity index (χ1v) is 12.4. The van der Waals surface area contributed by atoms with Gasteiger partial charge < -0.3 is 19.4 Å². The number of nitrogens with one attached hydrogen (secondary N) is 1. The highest BCUT2D eigenvalue weighted by Crippen LogP contribution is 2.46. The maximum absolute atomic E-state index is 13.9. The highest BCUT2D eigenvalue weighted by molar-refractivity contribution is 6.19. The van der Waals surface area contributed by atoms with E-state index in [1.807, 2.05) is 53.4 Å². The van der Waals surface area contributed by atoms with Gasteiger partial charge in [-0.1, -0.05) is 36.4 Å². The summed E-state index contributed by atoms with van der Waals surface area (Å²) in [5, 5.41) is 3.20. The fraction of sp³-hybridized carbons (Fsp3) is 0.167. The largest absolute Gasteiger partial charge is 0.497 e. The molecule has 2 heterocycles. The SMILES string of the molecule is COc1ccc(-c2cc3c(c4ccccc24)C(CCl)CN3C(=O)c2cc3cc(OC)ccc3[nH]2)cc1. The van der Waals surface area contributed by atoms with Gasteiger partial charge >= 0.3 is 0 Å². The van der Waals surface area contributed by atoms with Gasteiger partial charge in [-0.2, -0.15) is 0 Å². The minimum absolute atomic E-state index is 0.0462. The summed E-state index contributed by atoms with van der Waals surface area (Å²) in [6.45, 7) is 0.534. The standard InChI is InChI=1S/C30H25ClN2O3/c1-35-21-9-7-18(8-10-21)25-15-28-29(24-6-4-3-5-23(24)25)20(16-31)17-33(28)30(34)27-14-19-13-22(36-2)11-12-26(19)32-27/h3-15,20,32H,16-17H2,1-2H3. The van der Waals surface area contributed by atoms with Crippen LogP contribution in [0.2, 0.25) is 0 Å². The van der Waals surface area contributed by atoms with Gasteiger partial charge in [-0.05, 0) is 69.9 Å². The Balaban J connectivity index is 1.50. The molecule has 0 spiro atoms. The van der Waals surface area contributed by atoms with E-state index in [0.29, 0.717) is 18.1 Å². The molecule has 1 N–H and O–H groups in total. The number of methoxy groups -OCH3 is 2. The normalized spacial score (nSPS) is 14.9. The zero-order valence-corrected chi connectivity index (χ0v) is 20.8. The minimum atomic E-state index is -0.0741. The summed E-state index contributed by atoms with van der Waals surface area (Å²) in [5.41, 5.74) is 5.61. The average molecular weight is 497 g/mol. The van der Waals surface area contributed by atoms with Crippen LogP contribution in [0.5, 0.6) is 11.5 Å². The average Bonchev–Trinajstić information content (AvgIpc) is 3.53. The van der Waals surface area contributed by atoms with Crippen molar-refractivity contribution < 1.29 is 14.3 Å². The van der Waals surface area contributed by atoms with Crippen LogP contribution in [0.25, 0.3) is 32.8 Å². The maximum Gasteiger partial charge on any atom is 0.274 e. The quantitative estimate of drug-likeness (QED) is 0.267. The third kappa shape index (κ3) is 3.59. The summed E-state index contributed by atoms with van der Waals surface area (Å²) >= 11 is 6.47. The molecule has 0 fully saturated rings. The second kappa shape index (κ2) is 8.92. The monoisotopic (exact) mass is 496 g/mol. The lowest BCUT2D eigenvalue weighted by molar-refractivity contribution is 0.0984. The zero-order chi connectivity index (χ0) is 24.8. The Hall–Kier alpha value is -3.96. The predicted molar refractivity (Wildman–Crippen MR) is 146 cm³/mol. The van der Waals surface area contributed by atoms with Gasteiger partial charge in [0.05, 0.1) is 14.2 Å². The Morgan fingerprint density at radius 2 is 1.67 bits per heavy atom. The molecule has 4 aromatic carbocycles. The molecule has 6 heteroatoms. The molecular formula is C30H25ClN2O3. The van der Waals surface area contributed by atoms with Crippen LogP contribution in [0.3, 0.4) is 0 Å². The fourth-order valence-corrected chi connectivity index (χ4v) is 5.52. The first kappa shape index (κ1) is 22.5. The molecule has 0 aliphatic carbocycles. The van der Waals surface area contributed by atoms with E-state index in [2.05, 4.69) is 35.3 Å². The molecule has 0 saturated carbocycles. The van der Waals surface area contributed by atoms with Crippen molar-refractivity contribution in [2.75, 3.05) is 31.5 Å². The molecule has 0 radical (unpaired) electrons. The molecular weight excluding hydrogens is 472 g/mol. The Bertz CT molecular complexity index is 1610. The Morgan fingerprint density at radius 1 is 0.944 bits per heavy atom. The molecule has 180 valence electrons. The van der Waals surface area contributed by atoms with Crippen molar-refractivity contribution in [3.8, 4) is 22.6 Å². The van der Waals surface area contributed by atoms with Gasteiger partial charge in [0.2, 0.25) is 0 Å². The number of rotatable bonds is 5. The van der Waals surface area contributed by atoms with Crippen molar-refractivity contribution in [3.63, 3.8) is 0 Å². The number of ether oxygens (including phenoxy) is 2. The number of anilines is 1. The Labute approximate surface area is 214 Å². The van der Waals surface area contributed by atoms with E-state index >= 15 is 0 Å². The van der Waals surface area contributed by atoms with Gasteiger partial charge in [-0.3, -0.25) is 4.79 Å². The first-order valence-electron chi connectivity index (χ1n) is 11.9. The number of benzene rings is 4. The molecule has 1 unspecified atom stereocenters. The lowest BCUT2D eigenvalue weighted by atomic mass is 9.90. The number of aromatic nitrogens is 1. The molecule has 1 aliphatic rings. The van der Waals surface area contributed by atoms with Gasteiger partial charge in [-0.15, -0.1) is 11.6 Å². The molecule has 5 aromatic rings. The Morgan fingerprint density at radius 3 is 2.39 bits per heavy atom. The van der Waals surface area contributed by atoms with Crippen LogP contribution in [0, 0.1) is 0 Å². The van der Waals surface area contributed by atoms with Crippen molar-refractivity contribution >= 4 is 44.9 Å². The lowest BCUT2D eigenvalue weighted by Gasteiger charge is -2.19. The van der Waals surface area contributed by atoms with Crippen LogP contribution in [-0.4, -0.2) is 37.5 Å². The van der Waals surface area contributed by atoms with Crippen molar-refractivity contribution in [2.45, 2.75) is 5.92 Å². The van der Waals surface area contributed by atoms with Crippen molar-refractivity contribution in [1.82, 2.24) is 4.98 Å². The molecule has 1 aromatic heterocycles. The molecule has 36 heavy (non-hydrogen) atoms. The highest BCUT2D eigenvalue weighted by atomic mass is 35.5. The van der Waals surface area contributed by atoms with Gasteiger partial charge in [0.15, 0.2) is 0 Å². The van der Waals surface area contributed by atoms with Crippen LogP contribution >= 0.6 is 11.6 Å². The zero-order valence-electron chi connectivity index (χ0n) is 20.0. The summed E-state index contributed by atoms with van der Waals surface area (Å²) in [6, 6.07) is 26.1. The van der Waals surface area contributed by atoms with Crippen molar-refractivity contribution in [1.29, 1.82) is 0 Å². The number of halogens is 1. The number of fused-ring (bicyclic) bond motifs is 4. The van der Waals surface area contributed by atoms with Gasteiger partial charge in [-0.25, -0.2) is 0 Å². The minimum Gasteiger partial charge on any atom is -0.497 e. The second-order valence-corrected chi connectivity index (χ2v) is 9.34. The summed E-state index contributed by atoms with van der Waals surface area (Å²) in [6.07, 6.45) is 0. The first-order chi connectivity index (χ1) is 17.6. The third-order valence-electron chi connectivity index (χ3n) is 7.06. The van der Waals surface area contributed by atoms with Crippen molar-refractivity contribution in [3.05, 3.63) is 90.1 Å². The predicted octanol–water partition coefficient (Wildman–Crippen LogP) is 6.99. The third-order valence-corrected chi connectivity index (χ3v) is 7.43. The van der Waals surface area contributed by atoms with E-state index in [1.54, 1.807) is 14.2 Å². The number of aromatic amines is 1. The number of H-pyrrole nitrogens is 1. The summed E-state index contributed by atoms with van der Waals surface area (Å²) in [5.74, 6) is 1.97. The van der Waals surface area contributed by atoms with E-state index in [0.717, 1.165) is 55.6 Å². The molecule has 1 aliphatic heterocycles. The van der Waals surface area contributed by atoms with E-state index in [1.165, 1.54) is 0 Å². The van der Waals surface area contributed by atoms with Crippen LogP contribution in [-0.2, 0) is 0 Å². The van der Waals surface area contributed by atoms with E-state index in [-0.39, 0.29) is 11.8 Å². The molecule has 1 atom stereocenters. The van der Waals surface area contributed by atoms with Crippen molar-refractivity contribution in [2.24, 2.45) is 0 Å². The Kier molecular flexibility index (Phi) is 5.57. The van der Waals surface area contributed by atoms with E-state index in [9.17, 15) is 4.79 Å². The number of carbonyl (C=O) groups is 1. The number of hydrogen-bond acceptors (Lipinski definition) is 3. The molecule has 0 saturated heterocycles. The fourth-order valence-electron chi connectivity index (χ4n) is 5.27. The van der Waals surface area contributed by atoms with E-state index in [4.69, 9.17) is 21.1 Å². The van der Waals surface area contributed by atoms with E-state index < -0.39 is 0 Å². The number of hydrogen-bond donors (Lipinski definition) is 1. The van der Waals surface area contributed by atoms with Crippen LogP contribution in [0.4, 0.5) is 5.69 Å². The second-order valence-electron chi connectivity index (χ2n) is 9.03. The van der Waals surface area contributed by atoms with Gasteiger partial charge in [0.25, 0.3) is 5.91 Å². The molecule has 5 nitrogen and oxygen atoms in total. The van der Waals surface area contributed by atoms with Crippen LogP contribution < -0.4 is 14.4 Å². The summed E-state index contributed by atoms with van der Waals surface area (Å²) < 4.78 is 10.7. The van der Waals surface area contributed by atoms with Crippen LogP contribution in [0.1, 0.15) is 22.0 Å². The molecule has 6 rings (SSSR count).